The zero-order chi connectivity index (χ0) is 14.2. The summed E-state index contributed by atoms with van der Waals surface area (Å²) >= 11 is 0. The Morgan fingerprint density at radius 1 is 1.00 bits per heavy atom. The zero-order valence-corrected chi connectivity index (χ0v) is 13.0. The number of methoxy groups -OCH3 is 1. The van der Waals surface area contributed by atoms with Crippen molar-refractivity contribution in [3.05, 3.63) is 24.3 Å². The van der Waals surface area contributed by atoms with Crippen molar-refractivity contribution in [1.82, 2.24) is 4.90 Å². The summed E-state index contributed by atoms with van der Waals surface area (Å²) < 4.78 is 5.46. The number of ether oxygens (including phenoxy) is 1. The molecule has 0 aliphatic carbocycles. The highest BCUT2D eigenvalue weighted by molar-refractivity contribution is 5.58. The Hall–Kier alpha value is -1.22. The Balaban J connectivity index is 1.79. The minimum atomic E-state index is 0.990. The van der Waals surface area contributed by atoms with Crippen LogP contribution in [0.2, 0.25) is 0 Å². The van der Waals surface area contributed by atoms with E-state index in [4.69, 9.17) is 4.74 Å². The summed E-state index contributed by atoms with van der Waals surface area (Å²) in [5.41, 5.74) is 1.24. The van der Waals surface area contributed by atoms with Gasteiger partial charge in [0.15, 0.2) is 0 Å². The molecule has 0 unspecified atom stereocenters. The normalized spacial score (nSPS) is 16.4. The molecule has 1 saturated heterocycles. The van der Waals surface area contributed by atoms with E-state index in [-0.39, 0.29) is 0 Å². The molecule has 0 bridgehead atoms. The van der Waals surface area contributed by atoms with Crippen LogP contribution >= 0.6 is 0 Å². The molecule has 1 aromatic carbocycles. The van der Waals surface area contributed by atoms with Gasteiger partial charge >= 0.3 is 0 Å². The Morgan fingerprint density at radius 2 is 1.75 bits per heavy atom. The molecule has 0 spiro atoms. The lowest BCUT2D eigenvalue weighted by atomic mass is 10.2. The van der Waals surface area contributed by atoms with Crippen LogP contribution in [0.5, 0.6) is 5.75 Å². The number of para-hydroxylation sites is 2. The molecule has 0 atom stereocenters. The number of anilines is 1. The van der Waals surface area contributed by atoms with E-state index in [9.17, 15) is 0 Å². The molecule has 1 fully saturated rings. The highest BCUT2D eigenvalue weighted by atomic mass is 16.5. The van der Waals surface area contributed by atoms with Crippen LogP contribution in [0.25, 0.3) is 0 Å². The van der Waals surface area contributed by atoms with Crippen LogP contribution in [0.3, 0.4) is 0 Å². The highest BCUT2D eigenvalue weighted by Gasteiger charge is 2.18. The van der Waals surface area contributed by atoms with Crippen LogP contribution in [0.1, 0.15) is 32.6 Å². The molecule has 2 rings (SSSR count). The van der Waals surface area contributed by atoms with Gasteiger partial charge in [0.1, 0.15) is 5.75 Å². The molecule has 1 heterocycles. The van der Waals surface area contributed by atoms with Gasteiger partial charge in [-0.05, 0) is 25.1 Å². The van der Waals surface area contributed by atoms with Gasteiger partial charge in [-0.1, -0.05) is 38.3 Å². The lowest BCUT2D eigenvalue weighted by molar-refractivity contribution is 0.251. The number of unbranched alkanes of at least 4 members (excludes halogenated alkanes) is 3. The molecule has 3 nitrogen and oxygen atoms in total. The van der Waals surface area contributed by atoms with Gasteiger partial charge in [-0.15, -0.1) is 0 Å². The van der Waals surface area contributed by atoms with Gasteiger partial charge in [-0.25, -0.2) is 0 Å². The van der Waals surface area contributed by atoms with Gasteiger partial charge in [-0.3, -0.25) is 4.90 Å². The summed E-state index contributed by atoms with van der Waals surface area (Å²) in [5.74, 6) is 0.990. The van der Waals surface area contributed by atoms with Gasteiger partial charge in [0.05, 0.1) is 12.8 Å². The number of hydrogen-bond acceptors (Lipinski definition) is 3. The number of hydrogen-bond donors (Lipinski definition) is 0. The zero-order valence-electron chi connectivity index (χ0n) is 13.0. The number of benzene rings is 1. The lowest BCUT2D eigenvalue weighted by Crippen LogP contribution is -2.46. The van der Waals surface area contributed by atoms with Crippen LogP contribution in [0, 0.1) is 0 Å². The summed E-state index contributed by atoms with van der Waals surface area (Å²) in [6, 6.07) is 8.34. The standard InChI is InChI=1S/C17H28N2O/c1-3-4-5-8-11-18-12-14-19(15-13-18)16-9-6-7-10-17(16)20-2/h6-7,9-10H,3-5,8,11-15H2,1-2H3. The minimum absolute atomic E-state index is 0.990. The van der Waals surface area contributed by atoms with Crippen molar-refractivity contribution in [3.8, 4) is 5.75 Å². The third kappa shape index (κ3) is 4.14. The average molecular weight is 276 g/mol. The van der Waals surface area contributed by atoms with Crippen LogP contribution < -0.4 is 9.64 Å². The van der Waals surface area contributed by atoms with E-state index in [0.717, 1.165) is 18.8 Å². The second kappa shape index (κ2) is 8.15. The predicted octanol–water partition coefficient (Wildman–Crippen LogP) is 3.40. The number of nitrogens with zero attached hydrogens (tertiary/aromatic N) is 2. The monoisotopic (exact) mass is 276 g/mol. The third-order valence-electron chi connectivity index (χ3n) is 4.13. The second-order valence-corrected chi connectivity index (χ2v) is 5.56. The van der Waals surface area contributed by atoms with Crippen molar-refractivity contribution >= 4 is 5.69 Å². The van der Waals surface area contributed by atoms with Gasteiger partial charge in [0.25, 0.3) is 0 Å². The molecule has 0 saturated carbocycles. The molecule has 0 amide bonds. The first-order chi connectivity index (χ1) is 9.85. The van der Waals surface area contributed by atoms with E-state index >= 15 is 0 Å². The number of piperazine rings is 1. The van der Waals surface area contributed by atoms with Gasteiger partial charge in [0, 0.05) is 26.2 Å². The Kier molecular flexibility index (Phi) is 6.19. The summed E-state index contributed by atoms with van der Waals surface area (Å²) in [6.07, 6.45) is 5.43. The van der Waals surface area contributed by atoms with E-state index in [1.165, 1.54) is 51.0 Å². The summed E-state index contributed by atoms with van der Waals surface area (Å²) in [6.45, 7) is 8.09. The van der Waals surface area contributed by atoms with Gasteiger partial charge in [-0.2, -0.15) is 0 Å². The first kappa shape index (κ1) is 15.2. The summed E-state index contributed by atoms with van der Waals surface area (Å²) in [7, 11) is 1.75. The fourth-order valence-electron chi connectivity index (χ4n) is 2.87. The molecule has 112 valence electrons. The summed E-state index contributed by atoms with van der Waals surface area (Å²) in [4.78, 5) is 5.04. The third-order valence-corrected chi connectivity index (χ3v) is 4.13. The molecule has 0 aromatic heterocycles. The smallest absolute Gasteiger partial charge is 0.142 e. The SMILES string of the molecule is CCCCCCN1CCN(c2ccccc2OC)CC1. The fraction of sp³-hybridized carbons (Fsp3) is 0.647. The maximum absolute atomic E-state index is 5.46. The van der Waals surface area contributed by atoms with E-state index in [1.807, 2.05) is 12.1 Å². The van der Waals surface area contributed by atoms with Crippen molar-refractivity contribution < 1.29 is 4.74 Å². The van der Waals surface area contributed by atoms with Crippen molar-refractivity contribution in [2.24, 2.45) is 0 Å². The molecular formula is C17H28N2O. The molecule has 3 heteroatoms. The van der Waals surface area contributed by atoms with Crippen LogP contribution in [0.15, 0.2) is 24.3 Å². The molecule has 0 radical (unpaired) electrons. The second-order valence-electron chi connectivity index (χ2n) is 5.56. The van der Waals surface area contributed by atoms with Crippen molar-refractivity contribution in [1.29, 1.82) is 0 Å². The quantitative estimate of drug-likeness (QED) is 0.710. The predicted molar refractivity (Wildman–Crippen MR) is 85.8 cm³/mol. The maximum atomic E-state index is 5.46. The van der Waals surface area contributed by atoms with E-state index in [0.29, 0.717) is 0 Å². The first-order valence-corrected chi connectivity index (χ1v) is 7.95. The summed E-state index contributed by atoms with van der Waals surface area (Å²) in [5, 5.41) is 0. The van der Waals surface area contributed by atoms with Crippen molar-refractivity contribution in [2.75, 3.05) is 44.7 Å². The molecule has 1 aliphatic heterocycles. The molecule has 1 aliphatic rings. The van der Waals surface area contributed by atoms with Crippen LogP contribution in [-0.2, 0) is 0 Å². The molecular weight excluding hydrogens is 248 g/mol. The van der Waals surface area contributed by atoms with Crippen molar-refractivity contribution in [3.63, 3.8) is 0 Å². The Labute approximate surface area is 123 Å². The average Bonchev–Trinajstić information content (AvgIpc) is 2.52. The van der Waals surface area contributed by atoms with Gasteiger partial charge in [0.2, 0.25) is 0 Å². The topological polar surface area (TPSA) is 15.7 Å². The highest BCUT2D eigenvalue weighted by Crippen LogP contribution is 2.28. The van der Waals surface area contributed by atoms with Crippen molar-refractivity contribution in [2.45, 2.75) is 32.6 Å². The van der Waals surface area contributed by atoms with Crippen LogP contribution in [-0.4, -0.2) is 44.7 Å². The number of rotatable bonds is 7. The Morgan fingerprint density at radius 3 is 2.45 bits per heavy atom. The van der Waals surface area contributed by atoms with E-state index in [2.05, 4.69) is 28.9 Å². The minimum Gasteiger partial charge on any atom is -0.495 e. The van der Waals surface area contributed by atoms with E-state index < -0.39 is 0 Å². The lowest BCUT2D eigenvalue weighted by Gasteiger charge is -2.36. The van der Waals surface area contributed by atoms with Crippen LogP contribution in [0.4, 0.5) is 5.69 Å². The molecule has 20 heavy (non-hydrogen) atoms. The molecule has 1 aromatic rings. The first-order valence-electron chi connectivity index (χ1n) is 7.95. The van der Waals surface area contributed by atoms with E-state index in [1.54, 1.807) is 7.11 Å². The molecule has 0 N–H and O–H groups in total. The maximum Gasteiger partial charge on any atom is 0.142 e. The Bertz CT molecular complexity index is 386. The van der Waals surface area contributed by atoms with Gasteiger partial charge < -0.3 is 9.64 Å². The fourth-order valence-corrected chi connectivity index (χ4v) is 2.87. The largest absolute Gasteiger partial charge is 0.495 e.